The van der Waals surface area contributed by atoms with Crippen molar-refractivity contribution in [1.29, 1.82) is 0 Å². The molecule has 0 saturated carbocycles. The molecule has 0 aromatic heterocycles. The van der Waals surface area contributed by atoms with Crippen LogP contribution in [0.3, 0.4) is 0 Å². The average Bonchev–Trinajstić information content (AvgIpc) is 1.69. The van der Waals surface area contributed by atoms with Crippen LogP contribution in [0, 0.1) is 0 Å². The fourth-order valence-corrected chi connectivity index (χ4v) is 2.73. The van der Waals surface area contributed by atoms with E-state index in [1.165, 1.54) is 16.2 Å². The van der Waals surface area contributed by atoms with Crippen LogP contribution in [0.2, 0.25) is 0 Å². The quantitative estimate of drug-likeness (QED) is 0.689. The van der Waals surface area contributed by atoms with Gasteiger partial charge in [0.25, 0.3) is 0 Å². The van der Waals surface area contributed by atoms with Crippen molar-refractivity contribution in [2.45, 2.75) is 6.42 Å². The Morgan fingerprint density at radius 2 is 2.57 bits per heavy atom. The van der Waals surface area contributed by atoms with Crippen LogP contribution in [-0.4, -0.2) is 15.7 Å². The van der Waals surface area contributed by atoms with Gasteiger partial charge < -0.3 is 0 Å². The molecule has 1 saturated heterocycles. The fourth-order valence-electron chi connectivity index (χ4n) is 0.457. The van der Waals surface area contributed by atoms with Crippen LogP contribution in [-0.2, 0) is 19.4 Å². The Kier molecular flexibility index (Phi) is 2.58. The van der Waals surface area contributed by atoms with Crippen LogP contribution in [0.1, 0.15) is 6.42 Å². The van der Waals surface area contributed by atoms with Gasteiger partial charge in [-0.2, -0.15) is 0 Å². The van der Waals surface area contributed by atoms with Crippen LogP contribution in [0.4, 0.5) is 0 Å². The first-order valence-electron chi connectivity index (χ1n) is 2.24. The summed E-state index contributed by atoms with van der Waals surface area (Å²) in [4.78, 5) is 0. The van der Waals surface area contributed by atoms with E-state index in [2.05, 4.69) is 5.32 Å². The molecule has 0 aliphatic carbocycles. The summed E-state index contributed by atoms with van der Waals surface area (Å²) in [5.74, 6) is 2.46. The molecule has 0 unspecified atom stereocenters. The van der Waals surface area contributed by atoms with Crippen molar-refractivity contribution in [3.8, 4) is 0 Å². The Bertz CT molecular complexity index is 75.8. The van der Waals surface area contributed by atoms with Gasteiger partial charge >= 0.3 is 58.5 Å². The molecular weight excluding hydrogens is 278 g/mol. The van der Waals surface area contributed by atoms with E-state index < -0.39 is 0 Å². The third kappa shape index (κ3) is 2.07. The van der Waals surface area contributed by atoms with E-state index in [1.807, 2.05) is 11.8 Å². The summed E-state index contributed by atoms with van der Waals surface area (Å²) in [6.07, 6.45) is 1.29. The van der Waals surface area contributed by atoms with Gasteiger partial charge in [-0.25, -0.2) is 0 Å². The summed E-state index contributed by atoms with van der Waals surface area (Å²) < 4.78 is 1.53. The van der Waals surface area contributed by atoms with Crippen LogP contribution in [0.25, 0.3) is 0 Å². The monoisotopic (exact) mass is 285 g/mol. The summed E-state index contributed by atoms with van der Waals surface area (Å²) in [6, 6.07) is 0. The molecule has 7 heavy (non-hydrogen) atoms. The molecule has 0 aromatic carbocycles. The van der Waals surface area contributed by atoms with Gasteiger partial charge in [0, 0.05) is 0 Å². The summed E-state index contributed by atoms with van der Waals surface area (Å²) in [7, 11) is 0. The van der Waals surface area contributed by atoms with Gasteiger partial charge in [0.15, 0.2) is 0 Å². The third-order valence-electron chi connectivity index (χ3n) is 0.845. The number of nitrogens with one attached hydrogen (secondary N) is 1. The van der Waals surface area contributed by atoms with Gasteiger partial charge in [-0.3, -0.25) is 0 Å². The second kappa shape index (κ2) is 3.01. The number of hydrogen-bond donors (Lipinski definition) is 1. The molecule has 1 aliphatic rings. The molecule has 40 valence electrons. The average molecular weight is 285 g/mol. The minimum atomic E-state index is 1.14. The molecule has 3 heteroatoms. The summed E-state index contributed by atoms with van der Waals surface area (Å²) in [6.45, 7) is 0. The van der Waals surface area contributed by atoms with Crippen molar-refractivity contribution in [3.63, 3.8) is 0 Å². The molecule has 1 N–H and O–H groups in total. The fraction of sp³-hybridized carbons (Fsp3) is 0.750. The van der Waals surface area contributed by atoms with Crippen LogP contribution in [0.5, 0.6) is 0 Å². The zero-order valence-electron chi connectivity index (χ0n) is 3.94. The standard InChI is InChI=1S/C4H7NS.W/c1-2-5-4-6-3-1;/h5H,1,3-4H2;. The van der Waals surface area contributed by atoms with Crippen LogP contribution in [0.15, 0.2) is 0 Å². The first-order valence-corrected chi connectivity index (χ1v) is 4.86. The first-order chi connectivity index (χ1) is 3.39. The van der Waals surface area contributed by atoms with E-state index >= 15 is 0 Å². The molecule has 1 nitrogen and oxygen atoms in total. The Labute approximate surface area is 58.7 Å². The topological polar surface area (TPSA) is 12.0 Å². The molecule has 1 aliphatic heterocycles. The van der Waals surface area contributed by atoms with Gasteiger partial charge in [0.05, 0.1) is 0 Å². The van der Waals surface area contributed by atoms with E-state index in [0.29, 0.717) is 0 Å². The number of rotatable bonds is 0. The van der Waals surface area contributed by atoms with Gasteiger partial charge in [0.1, 0.15) is 0 Å². The maximum absolute atomic E-state index is 3.30. The molecule has 1 rings (SSSR count). The van der Waals surface area contributed by atoms with Crippen molar-refractivity contribution in [1.82, 2.24) is 5.32 Å². The Morgan fingerprint density at radius 3 is 2.86 bits per heavy atom. The molecule has 0 amide bonds. The van der Waals surface area contributed by atoms with Gasteiger partial charge in [-0.1, -0.05) is 0 Å². The molecule has 1 heterocycles. The normalized spacial score (nSPS) is 22.6. The van der Waals surface area contributed by atoms with Crippen molar-refractivity contribution >= 4 is 15.8 Å². The van der Waals surface area contributed by atoms with Gasteiger partial charge in [-0.15, -0.1) is 0 Å². The predicted molar refractivity (Wildman–Crippen MR) is 30.1 cm³/mol. The van der Waals surface area contributed by atoms with Crippen molar-refractivity contribution in [2.75, 3.05) is 11.6 Å². The third-order valence-corrected chi connectivity index (χ3v) is 2.94. The van der Waals surface area contributed by atoms with Crippen molar-refractivity contribution in [2.24, 2.45) is 0 Å². The molecule has 0 radical (unpaired) electrons. The molecule has 0 aromatic rings. The van der Waals surface area contributed by atoms with E-state index in [0.717, 1.165) is 5.88 Å². The van der Waals surface area contributed by atoms with E-state index in [-0.39, 0.29) is 0 Å². The second-order valence-electron chi connectivity index (χ2n) is 1.40. The van der Waals surface area contributed by atoms with E-state index in [1.54, 1.807) is 19.4 Å². The maximum atomic E-state index is 3.30. The minimum absolute atomic E-state index is 1.14. The SMILES string of the molecule is [W]=[C]1CCSCN1. The zero-order chi connectivity index (χ0) is 5.11. The Balaban J connectivity index is 2.25. The van der Waals surface area contributed by atoms with Crippen LogP contribution >= 0.6 is 11.8 Å². The van der Waals surface area contributed by atoms with Gasteiger partial charge in [-0.05, 0) is 0 Å². The zero-order valence-corrected chi connectivity index (χ0v) is 7.69. The number of hydrogen-bond acceptors (Lipinski definition) is 2. The van der Waals surface area contributed by atoms with E-state index in [9.17, 15) is 0 Å². The molecule has 0 atom stereocenters. The summed E-state index contributed by atoms with van der Waals surface area (Å²) in [5.41, 5.74) is 0. The van der Waals surface area contributed by atoms with Gasteiger partial charge in [0.2, 0.25) is 0 Å². The van der Waals surface area contributed by atoms with Crippen LogP contribution < -0.4 is 5.32 Å². The molecule has 0 bridgehead atoms. The summed E-state index contributed by atoms with van der Waals surface area (Å²) in [5, 5.41) is 3.30. The molecular formula is C4H7NSW. The van der Waals surface area contributed by atoms with E-state index in [4.69, 9.17) is 0 Å². The van der Waals surface area contributed by atoms with Crippen molar-refractivity contribution < 1.29 is 19.4 Å². The summed E-state index contributed by atoms with van der Waals surface area (Å²) >= 11 is 3.59. The Morgan fingerprint density at radius 1 is 1.71 bits per heavy atom. The molecule has 0 spiro atoms. The first kappa shape index (κ1) is 6.00. The van der Waals surface area contributed by atoms with Crippen molar-refractivity contribution in [3.05, 3.63) is 0 Å². The Hall–Kier alpha value is 0.868. The second-order valence-corrected chi connectivity index (χ2v) is 4.28. The predicted octanol–water partition coefficient (Wildman–Crippen LogP) is 0.347. The molecule has 1 fully saturated rings. The number of thioether (sulfide) groups is 1.